The molecule has 2 atom stereocenters. The third kappa shape index (κ3) is 7.45. The second-order valence-electron chi connectivity index (χ2n) is 13.9. The highest BCUT2D eigenvalue weighted by atomic mass is 35.5. The molecule has 0 radical (unpaired) electrons. The second-order valence-corrected chi connectivity index (χ2v) is 14.7. The summed E-state index contributed by atoms with van der Waals surface area (Å²) < 4.78 is 0. The van der Waals surface area contributed by atoms with Crippen LogP contribution in [0.3, 0.4) is 0 Å². The Morgan fingerprint density at radius 3 is 1.32 bits per heavy atom. The van der Waals surface area contributed by atoms with E-state index < -0.39 is 12.1 Å². The van der Waals surface area contributed by atoms with E-state index in [0.29, 0.717) is 71.0 Å². The van der Waals surface area contributed by atoms with Gasteiger partial charge in [-0.1, -0.05) is 108 Å². The van der Waals surface area contributed by atoms with Crippen molar-refractivity contribution in [2.75, 3.05) is 23.7 Å². The molecular formula is C44H36Cl2N6O4. The van der Waals surface area contributed by atoms with Gasteiger partial charge in [0.1, 0.15) is 23.5 Å². The van der Waals surface area contributed by atoms with Gasteiger partial charge in [-0.15, -0.1) is 0 Å². The molecule has 12 heteroatoms. The quantitative estimate of drug-likeness (QED) is 0.149. The molecule has 56 heavy (non-hydrogen) atoms. The van der Waals surface area contributed by atoms with Crippen LogP contribution in [-0.4, -0.2) is 68.6 Å². The van der Waals surface area contributed by atoms with E-state index in [4.69, 9.17) is 23.2 Å². The van der Waals surface area contributed by atoms with E-state index in [9.17, 15) is 19.2 Å². The Morgan fingerprint density at radius 2 is 0.929 bits per heavy atom. The Hall–Kier alpha value is -6.10. The van der Waals surface area contributed by atoms with Crippen molar-refractivity contribution in [3.8, 4) is 0 Å². The van der Waals surface area contributed by atoms with E-state index in [1.54, 1.807) is 9.80 Å². The average molecular weight is 784 g/mol. The van der Waals surface area contributed by atoms with Gasteiger partial charge in [-0.05, 0) is 61.1 Å². The molecule has 280 valence electrons. The maximum atomic E-state index is 13.6. The standard InChI is InChI=1S/C44H36Cl2N6O4/c45-35-25-47-39(33-9-3-1-7-31(33)35)43(55)51-23-5-11-37(51)41(53)49-29-19-15-27(16-20-29)13-14-28-17-21-30(22-18-28)50-42(54)38-12-6-24-52(38)44(56)40-34-10-4-2-8-32(34)36(46)26-48-40/h1-4,7-10,13-22,25-26,37-38H,5-6,11-12,23-24H2,(H,49,53)(H,50,54)/b14-13+/t37-,38-/m0/s1. The van der Waals surface area contributed by atoms with Crippen LogP contribution in [0.25, 0.3) is 33.7 Å². The van der Waals surface area contributed by atoms with Crippen molar-refractivity contribution >= 4 is 91.9 Å². The number of hydrogen-bond acceptors (Lipinski definition) is 6. The summed E-state index contributed by atoms with van der Waals surface area (Å²) in [6, 6.07) is 28.4. The molecule has 4 amide bonds. The third-order valence-corrected chi connectivity index (χ3v) is 11.0. The van der Waals surface area contributed by atoms with Crippen molar-refractivity contribution in [3.05, 3.63) is 142 Å². The minimum Gasteiger partial charge on any atom is -0.325 e. The van der Waals surface area contributed by atoms with Gasteiger partial charge in [0, 0.05) is 58.4 Å². The van der Waals surface area contributed by atoms with Crippen LogP contribution in [-0.2, 0) is 9.59 Å². The molecule has 4 heterocycles. The van der Waals surface area contributed by atoms with Crippen LogP contribution in [0.15, 0.2) is 109 Å². The number of aromatic nitrogens is 2. The first-order chi connectivity index (χ1) is 27.2. The summed E-state index contributed by atoms with van der Waals surface area (Å²) in [4.78, 5) is 65.9. The smallest absolute Gasteiger partial charge is 0.273 e. The molecule has 2 N–H and O–H groups in total. The van der Waals surface area contributed by atoms with Crippen LogP contribution in [0.2, 0.25) is 10.0 Å². The Kier molecular flexibility index (Phi) is 10.5. The molecule has 0 unspecified atom stereocenters. The van der Waals surface area contributed by atoms with Crippen LogP contribution in [0, 0.1) is 0 Å². The lowest BCUT2D eigenvalue weighted by Gasteiger charge is -2.24. The summed E-state index contributed by atoms with van der Waals surface area (Å²) in [6.45, 7) is 0.932. The maximum absolute atomic E-state index is 13.6. The van der Waals surface area contributed by atoms with Crippen molar-refractivity contribution in [2.24, 2.45) is 0 Å². The maximum Gasteiger partial charge on any atom is 0.273 e. The molecule has 2 saturated heterocycles. The number of pyridine rings is 2. The fourth-order valence-corrected chi connectivity index (χ4v) is 7.92. The minimum atomic E-state index is -0.613. The van der Waals surface area contributed by atoms with Crippen LogP contribution in [0.1, 0.15) is 57.8 Å². The van der Waals surface area contributed by atoms with E-state index >= 15 is 0 Å². The van der Waals surface area contributed by atoms with E-state index in [2.05, 4.69) is 20.6 Å². The van der Waals surface area contributed by atoms with E-state index in [1.807, 2.05) is 109 Å². The average Bonchev–Trinajstić information content (AvgIpc) is 3.93. The van der Waals surface area contributed by atoms with Crippen molar-refractivity contribution in [3.63, 3.8) is 0 Å². The molecule has 6 aromatic rings. The van der Waals surface area contributed by atoms with E-state index in [1.165, 1.54) is 12.4 Å². The molecule has 4 aromatic carbocycles. The zero-order valence-electron chi connectivity index (χ0n) is 30.1. The molecule has 8 rings (SSSR count). The molecule has 10 nitrogen and oxygen atoms in total. The number of amides is 4. The first-order valence-corrected chi connectivity index (χ1v) is 19.2. The minimum absolute atomic E-state index is 0.246. The Balaban J connectivity index is 0.862. The number of nitrogens with one attached hydrogen (secondary N) is 2. The zero-order chi connectivity index (χ0) is 38.8. The van der Waals surface area contributed by atoms with Crippen molar-refractivity contribution in [1.82, 2.24) is 19.8 Å². The molecule has 0 saturated carbocycles. The van der Waals surface area contributed by atoms with Gasteiger partial charge < -0.3 is 20.4 Å². The number of fused-ring (bicyclic) bond motifs is 2. The van der Waals surface area contributed by atoms with Crippen molar-refractivity contribution in [2.45, 2.75) is 37.8 Å². The predicted molar refractivity (Wildman–Crippen MR) is 221 cm³/mol. The third-order valence-electron chi connectivity index (χ3n) is 10.4. The Morgan fingerprint density at radius 1 is 0.554 bits per heavy atom. The van der Waals surface area contributed by atoms with Gasteiger partial charge in [-0.25, -0.2) is 9.97 Å². The lowest BCUT2D eigenvalue weighted by molar-refractivity contribution is -0.120. The Labute approximate surface area is 333 Å². The van der Waals surface area contributed by atoms with Crippen molar-refractivity contribution in [1.29, 1.82) is 0 Å². The van der Waals surface area contributed by atoms with Crippen molar-refractivity contribution < 1.29 is 19.2 Å². The summed E-state index contributed by atoms with van der Waals surface area (Å²) in [7, 11) is 0. The fourth-order valence-electron chi connectivity index (χ4n) is 7.49. The van der Waals surface area contributed by atoms with Gasteiger partial charge >= 0.3 is 0 Å². The summed E-state index contributed by atoms with van der Waals surface area (Å²) in [5.74, 6) is -1.08. The van der Waals surface area contributed by atoms with Gasteiger partial charge in [-0.3, -0.25) is 19.2 Å². The largest absolute Gasteiger partial charge is 0.325 e. The van der Waals surface area contributed by atoms with Gasteiger partial charge in [0.2, 0.25) is 11.8 Å². The predicted octanol–water partition coefficient (Wildman–Crippen LogP) is 8.75. The molecule has 2 aliphatic heterocycles. The van der Waals surface area contributed by atoms with Gasteiger partial charge in [0.25, 0.3) is 11.8 Å². The number of rotatable bonds is 8. The lowest BCUT2D eigenvalue weighted by Crippen LogP contribution is -2.43. The normalized spacial score (nSPS) is 16.8. The SMILES string of the molecule is O=C(Nc1ccc(/C=C/c2ccc(NC(=O)[C@@H]3CCCN3C(=O)c3ncc(Cl)c4ccccc34)cc2)cc1)[C@@H]1CCCN1C(=O)c1ncc(Cl)c2ccccc12. The number of anilines is 2. The van der Waals surface area contributed by atoms with Gasteiger partial charge in [-0.2, -0.15) is 0 Å². The van der Waals surface area contributed by atoms with Crippen LogP contribution in [0.5, 0.6) is 0 Å². The van der Waals surface area contributed by atoms with E-state index in [-0.39, 0.29) is 35.0 Å². The first kappa shape index (κ1) is 36.9. The summed E-state index contributed by atoms with van der Waals surface area (Å²) >= 11 is 12.6. The van der Waals surface area contributed by atoms with Crippen LogP contribution >= 0.6 is 23.2 Å². The number of halogens is 2. The first-order valence-electron chi connectivity index (χ1n) is 18.4. The zero-order valence-corrected chi connectivity index (χ0v) is 31.6. The summed E-state index contributed by atoms with van der Waals surface area (Å²) in [6.07, 6.45) is 9.42. The fraction of sp³-hybridized carbons (Fsp3) is 0.182. The summed E-state index contributed by atoms with van der Waals surface area (Å²) in [5, 5.41) is 9.69. The van der Waals surface area contributed by atoms with Gasteiger partial charge in [0.15, 0.2) is 0 Å². The van der Waals surface area contributed by atoms with Gasteiger partial charge in [0.05, 0.1) is 10.0 Å². The number of hydrogen-bond donors (Lipinski definition) is 2. The number of likely N-dealkylation sites (tertiary alicyclic amines) is 2. The van der Waals surface area contributed by atoms with E-state index in [0.717, 1.165) is 21.9 Å². The number of nitrogens with zero attached hydrogens (tertiary/aromatic N) is 4. The molecule has 0 spiro atoms. The highest BCUT2D eigenvalue weighted by Gasteiger charge is 2.37. The topological polar surface area (TPSA) is 125 Å². The molecule has 0 aliphatic carbocycles. The number of carbonyl (C=O) groups is 4. The summed E-state index contributed by atoms with van der Waals surface area (Å²) in [5.41, 5.74) is 3.67. The van der Waals surface area contributed by atoms with Crippen LogP contribution < -0.4 is 10.6 Å². The highest BCUT2D eigenvalue weighted by Crippen LogP contribution is 2.30. The highest BCUT2D eigenvalue weighted by molar-refractivity contribution is 6.36. The molecule has 0 bridgehead atoms. The monoisotopic (exact) mass is 782 g/mol. The Bertz CT molecular complexity index is 2350. The molecule has 2 aliphatic rings. The number of carbonyl (C=O) groups excluding carboxylic acids is 4. The van der Waals surface area contributed by atoms with Crippen LogP contribution in [0.4, 0.5) is 11.4 Å². The molecule has 2 aromatic heterocycles. The second kappa shape index (κ2) is 15.9. The lowest BCUT2D eigenvalue weighted by atomic mass is 10.1. The molecular weight excluding hydrogens is 747 g/mol. The molecule has 2 fully saturated rings. The number of benzene rings is 4.